The van der Waals surface area contributed by atoms with Crippen LogP contribution in [-0.4, -0.2) is 57.5 Å². The zero-order chi connectivity index (χ0) is 25.7. The molecule has 37 heavy (non-hydrogen) atoms. The van der Waals surface area contributed by atoms with Crippen molar-refractivity contribution in [3.63, 3.8) is 0 Å². The highest BCUT2D eigenvalue weighted by atomic mass is 35.5. The molecule has 0 amide bonds. The van der Waals surface area contributed by atoms with Gasteiger partial charge in [-0.25, -0.2) is 4.79 Å². The first-order valence-electron chi connectivity index (χ1n) is 12.3. The monoisotopic (exact) mass is 538 g/mol. The highest BCUT2D eigenvalue weighted by Gasteiger charge is 2.36. The van der Waals surface area contributed by atoms with Gasteiger partial charge in [0.25, 0.3) is 5.56 Å². The molecule has 192 valence electrons. The molecule has 2 saturated heterocycles. The van der Waals surface area contributed by atoms with Gasteiger partial charge in [0, 0.05) is 72.1 Å². The third-order valence-electron chi connectivity index (χ3n) is 7.15. The minimum Gasteiger partial charge on any atom is -0.488 e. The molecule has 8 nitrogen and oxygen atoms in total. The van der Waals surface area contributed by atoms with Crippen LogP contribution in [0.5, 0.6) is 5.75 Å². The lowest BCUT2D eigenvalue weighted by atomic mass is 10.0. The molecule has 0 spiro atoms. The van der Waals surface area contributed by atoms with Gasteiger partial charge in [-0.1, -0.05) is 11.6 Å². The Morgan fingerprint density at radius 2 is 2.08 bits per heavy atom. The molecule has 4 aromatic rings. The predicted octanol–water partition coefficient (Wildman–Crippen LogP) is 3.69. The second kappa shape index (κ2) is 9.72. The molecule has 10 heteroatoms. The fourth-order valence-corrected chi connectivity index (χ4v) is 6.72. The van der Waals surface area contributed by atoms with Crippen LogP contribution in [0.3, 0.4) is 0 Å². The zero-order valence-electron chi connectivity index (χ0n) is 20.6. The van der Waals surface area contributed by atoms with Crippen LogP contribution in [0.2, 0.25) is 5.02 Å². The summed E-state index contributed by atoms with van der Waals surface area (Å²) in [6, 6.07) is 9.59. The number of nitrogens with zero attached hydrogens (tertiary/aromatic N) is 4. The maximum absolute atomic E-state index is 12.5. The Labute approximate surface area is 222 Å². The summed E-state index contributed by atoms with van der Waals surface area (Å²) in [6.45, 7) is 5.55. The summed E-state index contributed by atoms with van der Waals surface area (Å²) in [7, 11) is 1.63. The van der Waals surface area contributed by atoms with Gasteiger partial charge < -0.3 is 14.0 Å². The van der Waals surface area contributed by atoms with Crippen molar-refractivity contribution in [1.29, 1.82) is 0 Å². The average molecular weight is 539 g/mol. The Morgan fingerprint density at radius 1 is 1.22 bits per heavy atom. The summed E-state index contributed by atoms with van der Waals surface area (Å²) >= 11 is 8.06. The third kappa shape index (κ3) is 4.61. The smallest absolute Gasteiger partial charge is 0.331 e. The minimum atomic E-state index is -0.349. The summed E-state index contributed by atoms with van der Waals surface area (Å²) in [5.41, 5.74) is 2.99. The molecule has 2 atom stereocenters. The molecule has 1 aromatic carbocycles. The van der Waals surface area contributed by atoms with E-state index in [0.717, 1.165) is 70.3 Å². The van der Waals surface area contributed by atoms with E-state index in [4.69, 9.17) is 21.1 Å². The van der Waals surface area contributed by atoms with Crippen LogP contribution < -0.4 is 16.0 Å². The Morgan fingerprint density at radius 3 is 2.92 bits per heavy atom. The van der Waals surface area contributed by atoms with Crippen LogP contribution in [0.15, 0.2) is 52.3 Å². The second-order valence-corrected chi connectivity index (χ2v) is 11.3. The van der Waals surface area contributed by atoms with Crippen LogP contribution in [0.1, 0.15) is 16.9 Å². The number of benzene rings is 1. The predicted molar refractivity (Wildman–Crippen MR) is 145 cm³/mol. The number of aromatic nitrogens is 3. The van der Waals surface area contributed by atoms with Gasteiger partial charge in [-0.05, 0) is 36.8 Å². The quantitative estimate of drug-likeness (QED) is 0.386. The topological polar surface area (TPSA) is 78.6 Å². The summed E-state index contributed by atoms with van der Waals surface area (Å²) < 4.78 is 15.9. The normalized spacial score (nSPS) is 19.9. The molecular weight excluding hydrogens is 512 g/mol. The van der Waals surface area contributed by atoms with Crippen LogP contribution >= 0.6 is 22.9 Å². The van der Waals surface area contributed by atoms with Gasteiger partial charge in [-0.15, -0.1) is 11.3 Å². The number of rotatable bonds is 5. The van der Waals surface area contributed by atoms with Gasteiger partial charge in [0.15, 0.2) is 0 Å². The first kappa shape index (κ1) is 24.4. The molecule has 6 rings (SSSR count). The largest absolute Gasteiger partial charge is 0.488 e. The van der Waals surface area contributed by atoms with Gasteiger partial charge >= 0.3 is 5.69 Å². The number of hydrogen-bond acceptors (Lipinski definition) is 7. The molecule has 0 aliphatic carbocycles. The molecule has 0 N–H and O–H groups in total. The van der Waals surface area contributed by atoms with Gasteiger partial charge in [0.2, 0.25) is 0 Å². The SMILES string of the molecule is Cc1cc(Cl)cc(-c2ccnc3cc(Cn4c(=O)ccn(C)c4=O)sc23)c1O[C@@H]1C[C@@H]2COCCN2C1. The Hall–Kier alpha value is -2.98. The summed E-state index contributed by atoms with van der Waals surface area (Å²) in [4.78, 5) is 32.8. The molecular formula is C27H27ClN4O4S. The van der Waals surface area contributed by atoms with E-state index in [1.54, 1.807) is 13.2 Å². The molecule has 2 fully saturated rings. The Kier molecular flexibility index (Phi) is 6.40. The first-order valence-corrected chi connectivity index (χ1v) is 13.5. The van der Waals surface area contributed by atoms with E-state index in [2.05, 4.69) is 9.88 Å². The van der Waals surface area contributed by atoms with Crippen molar-refractivity contribution in [1.82, 2.24) is 19.0 Å². The van der Waals surface area contributed by atoms with Gasteiger partial charge in [0.1, 0.15) is 11.9 Å². The van der Waals surface area contributed by atoms with E-state index in [-0.39, 0.29) is 23.9 Å². The molecule has 0 radical (unpaired) electrons. The summed E-state index contributed by atoms with van der Waals surface area (Å²) in [5, 5.41) is 0.637. The van der Waals surface area contributed by atoms with Crippen LogP contribution in [0.4, 0.5) is 0 Å². The lowest BCUT2D eigenvalue weighted by molar-refractivity contribution is 0.0126. The zero-order valence-corrected chi connectivity index (χ0v) is 22.2. The van der Waals surface area contributed by atoms with E-state index >= 15 is 0 Å². The van der Waals surface area contributed by atoms with Crippen LogP contribution in [0.25, 0.3) is 21.3 Å². The molecule has 5 heterocycles. The van der Waals surface area contributed by atoms with E-state index in [1.165, 1.54) is 32.7 Å². The third-order valence-corrected chi connectivity index (χ3v) is 8.51. The van der Waals surface area contributed by atoms with Crippen LogP contribution in [0, 0.1) is 6.92 Å². The Bertz CT molecular complexity index is 1600. The average Bonchev–Trinajstić information content (AvgIpc) is 3.48. The maximum Gasteiger partial charge on any atom is 0.331 e. The maximum atomic E-state index is 12.5. The van der Waals surface area contributed by atoms with Crippen molar-refractivity contribution in [2.45, 2.75) is 32.0 Å². The number of pyridine rings is 1. The number of hydrogen-bond donors (Lipinski definition) is 0. The fourth-order valence-electron chi connectivity index (χ4n) is 5.32. The molecule has 2 aliphatic heterocycles. The number of thiophene rings is 1. The number of halogens is 1. The summed E-state index contributed by atoms with van der Waals surface area (Å²) in [6.07, 6.45) is 4.26. The highest BCUT2D eigenvalue weighted by molar-refractivity contribution is 7.19. The van der Waals surface area contributed by atoms with Crippen molar-refractivity contribution in [3.8, 4) is 16.9 Å². The molecule has 0 unspecified atom stereocenters. The second-order valence-electron chi connectivity index (χ2n) is 9.72. The van der Waals surface area contributed by atoms with Crippen molar-refractivity contribution < 1.29 is 9.47 Å². The number of morpholine rings is 1. The first-order chi connectivity index (χ1) is 17.9. The lowest BCUT2D eigenvalue weighted by Crippen LogP contribution is -2.40. The lowest BCUT2D eigenvalue weighted by Gasteiger charge is -2.28. The summed E-state index contributed by atoms with van der Waals surface area (Å²) in [5.74, 6) is 0.825. The number of aryl methyl sites for hydroxylation is 2. The number of fused-ring (bicyclic) bond motifs is 2. The fraction of sp³-hybridized carbons (Fsp3) is 0.370. The molecule has 2 aliphatic rings. The van der Waals surface area contributed by atoms with Gasteiger partial charge in [-0.2, -0.15) is 0 Å². The van der Waals surface area contributed by atoms with E-state index in [9.17, 15) is 9.59 Å². The Balaban J connectivity index is 1.39. The van der Waals surface area contributed by atoms with E-state index in [0.29, 0.717) is 11.1 Å². The number of ether oxygens (including phenoxy) is 2. The molecule has 0 saturated carbocycles. The van der Waals surface area contributed by atoms with Crippen molar-refractivity contribution in [2.75, 3.05) is 26.3 Å². The van der Waals surface area contributed by atoms with Crippen molar-refractivity contribution >= 4 is 33.2 Å². The van der Waals surface area contributed by atoms with E-state index in [1.807, 2.05) is 31.2 Å². The van der Waals surface area contributed by atoms with E-state index < -0.39 is 0 Å². The molecule has 3 aromatic heterocycles. The molecule has 0 bridgehead atoms. The van der Waals surface area contributed by atoms with Crippen LogP contribution in [-0.2, 0) is 18.3 Å². The van der Waals surface area contributed by atoms with Gasteiger partial charge in [0.05, 0.1) is 30.0 Å². The highest BCUT2D eigenvalue weighted by Crippen LogP contribution is 2.42. The van der Waals surface area contributed by atoms with Gasteiger partial charge in [-0.3, -0.25) is 19.2 Å². The minimum absolute atomic E-state index is 0.0720. The van der Waals surface area contributed by atoms with Crippen molar-refractivity contribution in [2.24, 2.45) is 7.05 Å². The van der Waals surface area contributed by atoms with Crippen molar-refractivity contribution in [3.05, 3.63) is 79.0 Å². The standard InChI is InChI=1S/C27H27ClN4O4S/c1-16-9-17(28)10-22(25(16)36-19-11-18-15-35-8-7-31(18)13-19)21-3-5-29-23-12-20(37-26(21)23)14-32-24(33)4-6-30(2)27(32)34/h3-6,9-10,12,18-19H,7-8,11,13-15H2,1-2H3/t18-,19-/m1/s1.